The highest BCUT2D eigenvalue weighted by Gasteiger charge is 2.37. The molecular weight excluding hydrogens is 316 g/mol. The van der Waals surface area contributed by atoms with Crippen LogP contribution in [0.25, 0.3) is 0 Å². The molecule has 1 aliphatic heterocycles. The minimum absolute atomic E-state index is 0.216. The zero-order valence-electron chi connectivity index (χ0n) is 11.9. The van der Waals surface area contributed by atoms with Crippen molar-refractivity contribution in [3.63, 3.8) is 0 Å². The highest BCUT2D eigenvalue weighted by atomic mass is 79.9. The molecule has 0 spiro atoms. The summed E-state index contributed by atoms with van der Waals surface area (Å²) in [4.78, 5) is 4.04. The van der Waals surface area contributed by atoms with Crippen LogP contribution < -0.4 is 4.74 Å². The second-order valence-electron chi connectivity index (χ2n) is 5.22. The third-order valence-corrected chi connectivity index (χ3v) is 4.38. The van der Waals surface area contributed by atoms with Gasteiger partial charge in [-0.15, -0.1) is 0 Å². The zero-order valence-corrected chi connectivity index (χ0v) is 13.5. The van der Waals surface area contributed by atoms with Gasteiger partial charge in [0.05, 0.1) is 5.71 Å². The molecule has 0 fully saturated rings. The Balaban J connectivity index is 2.43. The zero-order chi connectivity index (χ0) is 14.6. The number of halogens is 1. The maximum atomic E-state index is 8.94. The average Bonchev–Trinajstić information content (AvgIpc) is 2.46. The molecule has 2 rings (SSSR count). The first kappa shape index (κ1) is 15.1. The maximum Gasteiger partial charge on any atom is 0.205 e. The van der Waals surface area contributed by atoms with Gasteiger partial charge in [0.15, 0.2) is 0 Å². The monoisotopic (exact) mass is 334 g/mol. The molecule has 1 atom stereocenters. The van der Waals surface area contributed by atoms with E-state index in [1.807, 2.05) is 24.4 Å². The van der Waals surface area contributed by atoms with Crippen LogP contribution in [0.5, 0.6) is 5.75 Å². The molecule has 0 aromatic heterocycles. The number of hydrogen-bond acceptors (Lipinski definition) is 3. The molecule has 1 aromatic rings. The normalized spacial score (nSPS) is 23.0. The number of unbranched alkanes of at least 4 members (excludes halogenated alkanes) is 1. The van der Waals surface area contributed by atoms with Gasteiger partial charge < -0.3 is 4.74 Å². The lowest BCUT2D eigenvalue weighted by Crippen LogP contribution is -2.41. The molecule has 1 unspecified atom stereocenters. The first-order chi connectivity index (χ1) is 9.64. The summed E-state index contributed by atoms with van der Waals surface area (Å²) >= 11 is 3.46. The standard InChI is InChI=1S/C16H19BrN2O/c1-3-5-8-16(4-2)10-14(19-11-18)13-9-12(17)6-7-15(13)20-16/h6-7,9H,3-5,8,10H2,1-2H3. The summed E-state index contributed by atoms with van der Waals surface area (Å²) in [5.41, 5.74) is 1.56. The van der Waals surface area contributed by atoms with E-state index in [1.165, 1.54) is 0 Å². The summed E-state index contributed by atoms with van der Waals surface area (Å²) in [5.74, 6) is 0.839. The number of nitrogens with zero attached hydrogens (tertiary/aromatic N) is 2. The molecule has 3 nitrogen and oxygen atoms in total. The quantitative estimate of drug-likeness (QED) is 0.739. The first-order valence-corrected chi connectivity index (χ1v) is 7.88. The molecule has 1 heterocycles. The van der Waals surface area contributed by atoms with Crippen LogP contribution in [0.3, 0.4) is 0 Å². The van der Waals surface area contributed by atoms with Crippen molar-refractivity contribution in [1.82, 2.24) is 0 Å². The minimum atomic E-state index is -0.216. The summed E-state index contributed by atoms with van der Waals surface area (Å²) < 4.78 is 7.27. The SMILES string of the molecule is CCCCC1(CC)CC(=NC#N)c2cc(Br)ccc2O1. The van der Waals surface area contributed by atoms with Gasteiger partial charge in [-0.05, 0) is 37.5 Å². The van der Waals surface area contributed by atoms with Crippen molar-refractivity contribution in [3.8, 4) is 11.9 Å². The lowest BCUT2D eigenvalue weighted by Gasteiger charge is -2.38. The Hall–Kier alpha value is -1.34. The average molecular weight is 335 g/mol. The van der Waals surface area contributed by atoms with E-state index >= 15 is 0 Å². The van der Waals surface area contributed by atoms with Crippen LogP contribution in [0.2, 0.25) is 0 Å². The van der Waals surface area contributed by atoms with E-state index < -0.39 is 0 Å². The van der Waals surface area contributed by atoms with Gasteiger partial charge in [0.1, 0.15) is 11.4 Å². The second-order valence-corrected chi connectivity index (χ2v) is 6.13. The van der Waals surface area contributed by atoms with Gasteiger partial charge in [0.25, 0.3) is 0 Å². The Labute approximate surface area is 128 Å². The molecule has 20 heavy (non-hydrogen) atoms. The van der Waals surface area contributed by atoms with Crippen molar-refractivity contribution in [2.24, 2.45) is 4.99 Å². The van der Waals surface area contributed by atoms with E-state index in [1.54, 1.807) is 0 Å². The maximum absolute atomic E-state index is 8.94. The predicted molar refractivity (Wildman–Crippen MR) is 84.1 cm³/mol. The van der Waals surface area contributed by atoms with Crippen molar-refractivity contribution in [2.45, 2.75) is 51.6 Å². The molecule has 0 aliphatic carbocycles. The van der Waals surface area contributed by atoms with Crippen molar-refractivity contribution < 1.29 is 4.74 Å². The van der Waals surface area contributed by atoms with E-state index in [2.05, 4.69) is 34.8 Å². The highest BCUT2D eigenvalue weighted by molar-refractivity contribution is 9.10. The van der Waals surface area contributed by atoms with Crippen molar-refractivity contribution in [1.29, 1.82) is 5.26 Å². The highest BCUT2D eigenvalue weighted by Crippen LogP contribution is 2.39. The van der Waals surface area contributed by atoms with Gasteiger partial charge in [0, 0.05) is 16.5 Å². The number of fused-ring (bicyclic) bond motifs is 1. The Bertz CT molecular complexity index is 562. The minimum Gasteiger partial charge on any atom is -0.486 e. The fourth-order valence-corrected chi connectivity index (χ4v) is 3.02. The number of hydrogen-bond donors (Lipinski definition) is 0. The summed E-state index contributed by atoms with van der Waals surface area (Å²) in [7, 11) is 0. The van der Waals surface area contributed by atoms with Gasteiger partial charge >= 0.3 is 0 Å². The van der Waals surface area contributed by atoms with Gasteiger partial charge in [-0.3, -0.25) is 0 Å². The molecule has 1 aromatic carbocycles. The van der Waals surface area contributed by atoms with Gasteiger partial charge in [-0.1, -0.05) is 36.2 Å². The van der Waals surface area contributed by atoms with E-state index in [9.17, 15) is 0 Å². The Kier molecular flexibility index (Phi) is 4.82. The van der Waals surface area contributed by atoms with Crippen LogP contribution in [-0.4, -0.2) is 11.3 Å². The second kappa shape index (κ2) is 6.41. The third-order valence-electron chi connectivity index (χ3n) is 3.88. The predicted octanol–water partition coefficient (Wildman–Crippen LogP) is 4.84. The number of ether oxygens (including phenoxy) is 1. The van der Waals surface area contributed by atoms with Gasteiger partial charge in [-0.25, -0.2) is 0 Å². The molecule has 106 valence electrons. The Morgan fingerprint density at radius 2 is 2.25 bits per heavy atom. The van der Waals surface area contributed by atoms with Crippen molar-refractivity contribution in [2.75, 3.05) is 0 Å². The number of nitriles is 1. The van der Waals surface area contributed by atoms with E-state index in [-0.39, 0.29) is 5.60 Å². The van der Waals surface area contributed by atoms with E-state index in [0.717, 1.165) is 47.2 Å². The van der Waals surface area contributed by atoms with E-state index in [4.69, 9.17) is 10.00 Å². The number of benzene rings is 1. The first-order valence-electron chi connectivity index (χ1n) is 7.08. The summed E-state index contributed by atoms with van der Waals surface area (Å²) in [6, 6.07) is 5.90. The number of aliphatic imine (C=N–C) groups is 1. The summed E-state index contributed by atoms with van der Waals surface area (Å²) in [6.07, 6.45) is 6.83. The summed E-state index contributed by atoms with van der Waals surface area (Å²) in [6.45, 7) is 4.32. The fraction of sp³-hybridized carbons (Fsp3) is 0.500. The van der Waals surface area contributed by atoms with Gasteiger partial charge in [-0.2, -0.15) is 10.3 Å². The van der Waals surface area contributed by atoms with Crippen molar-refractivity contribution >= 4 is 21.6 Å². The lowest BCUT2D eigenvalue weighted by atomic mass is 9.83. The van der Waals surface area contributed by atoms with Crippen LogP contribution in [0.15, 0.2) is 27.7 Å². The van der Waals surface area contributed by atoms with Crippen molar-refractivity contribution in [3.05, 3.63) is 28.2 Å². The molecular formula is C16H19BrN2O. The van der Waals surface area contributed by atoms with Crippen LogP contribution in [-0.2, 0) is 0 Å². The summed E-state index contributed by atoms with van der Waals surface area (Å²) in [5, 5.41) is 8.94. The molecule has 0 amide bonds. The molecule has 4 heteroatoms. The molecule has 0 N–H and O–H groups in total. The van der Waals surface area contributed by atoms with Crippen LogP contribution >= 0.6 is 15.9 Å². The third kappa shape index (κ3) is 3.04. The van der Waals surface area contributed by atoms with Gasteiger partial charge in [0.2, 0.25) is 6.19 Å². The van der Waals surface area contributed by atoms with Crippen LogP contribution in [0, 0.1) is 11.5 Å². The lowest BCUT2D eigenvalue weighted by molar-refractivity contribution is 0.0547. The Morgan fingerprint density at radius 1 is 1.45 bits per heavy atom. The molecule has 0 saturated carbocycles. The fourth-order valence-electron chi connectivity index (χ4n) is 2.66. The molecule has 1 aliphatic rings. The van der Waals surface area contributed by atoms with Crippen LogP contribution in [0.1, 0.15) is 51.5 Å². The molecule has 0 bridgehead atoms. The Morgan fingerprint density at radius 3 is 2.90 bits per heavy atom. The topological polar surface area (TPSA) is 45.4 Å². The molecule has 0 saturated heterocycles. The molecule has 0 radical (unpaired) electrons. The van der Waals surface area contributed by atoms with Crippen LogP contribution in [0.4, 0.5) is 0 Å². The largest absolute Gasteiger partial charge is 0.486 e. The van der Waals surface area contributed by atoms with E-state index in [0.29, 0.717) is 6.42 Å². The smallest absolute Gasteiger partial charge is 0.205 e. The number of rotatable bonds is 4.